The van der Waals surface area contributed by atoms with E-state index in [1.807, 2.05) is 24.4 Å². The van der Waals surface area contributed by atoms with Gasteiger partial charge in [-0.25, -0.2) is 4.39 Å². The molecule has 5 rings (SSSR count). The number of piperidine rings is 1. The molecule has 5 heteroatoms. The molecule has 0 aliphatic carbocycles. The number of hydrogen-bond donors (Lipinski definition) is 0. The molecule has 1 aromatic heterocycles. The Bertz CT molecular complexity index is 739. The molecule has 3 fully saturated rings. The highest BCUT2D eigenvalue weighted by molar-refractivity contribution is 5.30. The Morgan fingerprint density at radius 1 is 1.12 bits per heavy atom. The van der Waals surface area contributed by atoms with Crippen LogP contribution in [0.1, 0.15) is 24.1 Å². The molecule has 0 amide bonds. The summed E-state index contributed by atoms with van der Waals surface area (Å²) >= 11 is 0. The van der Waals surface area contributed by atoms with Crippen molar-refractivity contribution in [3.8, 4) is 5.75 Å². The van der Waals surface area contributed by atoms with Crippen LogP contribution in [0, 0.1) is 11.7 Å². The Kier molecular flexibility index (Phi) is 5.18. The van der Waals surface area contributed by atoms with Gasteiger partial charge in [0, 0.05) is 50.5 Å². The predicted molar refractivity (Wildman–Crippen MR) is 99.4 cm³/mol. The van der Waals surface area contributed by atoms with Crippen molar-refractivity contribution in [2.75, 3.05) is 26.7 Å². The average molecular weight is 355 g/mol. The zero-order chi connectivity index (χ0) is 17.9. The molecule has 26 heavy (non-hydrogen) atoms. The normalized spacial score (nSPS) is 23.8. The summed E-state index contributed by atoms with van der Waals surface area (Å²) in [4.78, 5) is 9.46. The van der Waals surface area contributed by atoms with Gasteiger partial charge in [0.1, 0.15) is 11.6 Å². The Hall–Kier alpha value is -1.98. The molecule has 0 unspecified atom stereocenters. The summed E-state index contributed by atoms with van der Waals surface area (Å²) in [7, 11) is 1.63. The maximum atomic E-state index is 14.3. The van der Waals surface area contributed by atoms with Gasteiger partial charge in [-0.3, -0.25) is 14.8 Å². The van der Waals surface area contributed by atoms with Gasteiger partial charge in [-0.05, 0) is 49.1 Å². The summed E-state index contributed by atoms with van der Waals surface area (Å²) in [5.74, 6) is 1.22. The number of fused-ring (bicyclic) bond motifs is 4. The fourth-order valence-electron chi connectivity index (χ4n) is 4.34. The SMILES string of the molecule is COc1ccc(F)c(CN2C[C@H]3CC[C@@H]2CN(Cc2ccccn2)C3)c1. The molecule has 2 atom stereocenters. The van der Waals surface area contributed by atoms with E-state index in [4.69, 9.17) is 4.74 Å². The van der Waals surface area contributed by atoms with E-state index >= 15 is 0 Å². The number of ether oxygens (including phenoxy) is 1. The summed E-state index contributed by atoms with van der Waals surface area (Å²) in [5.41, 5.74) is 1.85. The molecule has 0 radical (unpaired) electrons. The average Bonchev–Trinajstić information content (AvgIpc) is 2.95. The number of halogens is 1. The maximum absolute atomic E-state index is 14.3. The van der Waals surface area contributed by atoms with Gasteiger partial charge in [0.05, 0.1) is 12.8 Å². The van der Waals surface area contributed by atoms with Crippen LogP contribution in [0.2, 0.25) is 0 Å². The lowest BCUT2D eigenvalue weighted by Crippen LogP contribution is -2.43. The number of methoxy groups -OCH3 is 1. The first-order valence-electron chi connectivity index (χ1n) is 9.40. The molecule has 1 aromatic carbocycles. The van der Waals surface area contributed by atoms with Crippen molar-refractivity contribution in [1.82, 2.24) is 14.8 Å². The second-order valence-electron chi connectivity index (χ2n) is 7.50. The van der Waals surface area contributed by atoms with Crippen LogP contribution in [0.3, 0.4) is 0 Å². The van der Waals surface area contributed by atoms with Crippen LogP contribution >= 0.6 is 0 Å². The van der Waals surface area contributed by atoms with E-state index in [2.05, 4.69) is 20.9 Å². The second kappa shape index (κ2) is 7.72. The van der Waals surface area contributed by atoms with Crippen LogP contribution in [0.25, 0.3) is 0 Å². The van der Waals surface area contributed by atoms with E-state index in [1.165, 1.54) is 18.9 Å². The number of hydrogen-bond acceptors (Lipinski definition) is 4. The van der Waals surface area contributed by atoms with Crippen LogP contribution in [0.15, 0.2) is 42.6 Å². The highest BCUT2D eigenvalue weighted by atomic mass is 19.1. The number of pyridine rings is 1. The van der Waals surface area contributed by atoms with Gasteiger partial charge < -0.3 is 4.74 Å². The van der Waals surface area contributed by atoms with E-state index in [9.17, 15) is 4.39 Å². The molecule has 0 saturated carbocycles. The first-order valence-corrected chi connectivity index (χ1v) is 9.40. The Labute approximate surface area is 154 Å². The van der Waals surface area contributed by atoms with Crippen molar-refractivity contribution in [2.24, 2.45) is 5.92 Å². The van der Waals surface area contributed by atoms with Crippen LogP contribution < -0.4 is 4.74 Å². The Balaban J connectivity index is 1.47. The highest BCUT2D eigenvalue weighted by Crippen LogP contribution is 2.30. The van der Waals surface area contributed by atoms with Gasteiger partial charge in [0.2, 0.25) is 0 Å². The lowest BCUT2D eigenvalue weighted by atomic mass is 9.94. The topological polar surface area (TPSA) is 28.6 Å². The van der Waals surface area contributed by atoms with Crippen molar-refractivity contribution in [3.63, 3.8) is 0 Å². The minimum Gasteiger partial charge on any atom is -0.497 e. The zero-order valence-electron chi connectivity index (χ0n) is 15.3. The monoisotopic (exact) mass is 355 g/mol. The number of nitrogens with zero attached hydrogens (tertiary/aromatic N) is 3. The molecule has 4 heterocycles. The number of aromatic nitrogens is 1. The predicted octanol–water partition coefficient (Wildman–Crippen LogP) is 3.33. The van der Waals surface area contributed by atoms with Crippen molar-refractivity contribution in [3.05, 3.63) is 59.7 Å². The molecule has 3 aliphatic heterocycles. The van der Waals surface area contributed by atoms with Crippen molar-refractivity contribution in [1.29, 1.82) is 0 Å². The molecular formula is C21H26FN3O. The molecule has 0 N–H and O–H groups in total. The summed E-state index contributed by atoms with van der Waals surface area (Å²) in [6.07, 6.45) is 4.31. The van der Waals surface area contributed by atoms with E-state index in [0.717, 1.165) is 43.2 Å². The van der Waals surface area contributed by atoms with E-state index < -0.39 is 0 Å². The fraction of sp³-hybridized carbons (Fsp3) is 0.476. The summed E-state index contributed by atoms with van der Waals surface area (Å²) in [5, 5.41) is 0. The Morgan fingerprint density at radius 3 is 2.85 bits per heavy atom. The molecule has 3 saturated heterocycles. The minimum absolute atomic E-state index is 0.142. The van der Waals surface area contributed by atoms with E-state index in [1.54, 1.807) is 13.2 Å². The van der Waals surface area contributed by atoms with Crippen LogP contribution in [-0.4, -0.2) is 47.6 Å². The lowest BCUT2D eigenvalue weighted by molar-refractivity contribution is 0.121. The molecule has 0 spiro atoms. The van der Waals surface area contributed by atoms with Crippen LogP contribution in [-0.2, 0) is 13.1 Å². The number of rotatable bonds is 5. The third-order valence-corrected chi connectivity index (χ3v) is 5.64. The van der Waals surface area contributed by atoms with Gasteiger partial charge >= 0.3 is 0 Å². The highest BCUT2D eigenvalue weighted by Gasteiger charge is 2.35. The summed E-state index contributed by atoms with van der Waals surface area (Å²) < 4.78 is 19.5. The first kappa shape index (κ1) is 17.4. The van der Waals surface area contributed by atoms with Gasteiger partial charge in [-0.15, -0.1) is 0 Å². The van der Waals surface area contributed by atoms with Gasteiger partial charge in [-0.2, -0.15) is 0 Å². The Morgan fingerprint density at radius 2 is 2.04 bits per heavy atom. The van der Waals surface area contributed by atoms with Gasteiger partial charge in [-0.1, -0.05) is 6.07 Å². The molecule has 2 aromatic rings. The van der Waals surface area contributed by atoms with Crippen molar-refractivity contribution in [2.45, 2.75) is 32.0 Å². The fourth-order valence-corrected chi connectivity index (χ4v) is 4.34. The quantitative estimate of drug-likeness (QED) is 0.823. The summed E-state index contributed by atoms with van der Waals surface area (Å²) in [6.45, 7) is 4.72. The standard InChI is InChI=1S/C21H26FN3O/c1-26-20-7-8-21(22)17(10-20)13-25-12-16-5-6-19(25)15-24(11-16)14-18-4-2-3-9-23-18/h2-4,7-10,16,19H,5-6,11-15H2,1H3/t16-,19+/m0/s1. The molecular weight excluding hydrogens is 329 g/mol. The second-order valence-corrected chi connectivity index (χ2v) is 7.50. The lowest BCUT2D eigenvalue weighted by Gasteiger charge is -2.36. The van der Waals surface area contributed by atoms with Crippen LogP contribution in [0.4, 0.5) is 4.39 Å². The first-order chi connectivity index (χ1) is 12.7. The third kappa shape index (κ3) is 3.89. The van der Waals surface area contributed by atoms with Crippen molar-refractivity contribution < 1.29 is 9.13 Å². The largest absolute Gasteiger partial charge is 0.497 e. The van der Waals surface area contributed by atoms with Gasteiger partial charge in [0.25, 0.3) is 0 Å². The molecule has 3 aliphatic rings. The van der Waals surface area contributed by atoms with Crippen molar-refractivity contribution >= 4 is 0 Å². The zero-order valence-corrected chi connectivity index (χ0v) is 15.3. The van der Waals surface area contributed by atoms with Crippen LogP contribution in [0.5, 0.6) is 5.75 Å². The van der Waals surface area contributed by atoms with E-state index in [-0.39, 0.29) is 5.82 Å². The molecule has 4 nitrogen and oxygen atoms in total. The van der Waals surface area contributed by atoms with Gasteiger partial charge in [0.15, 0.2) is 0 Å². The minimum atomic E-state index is -0.142. The van der Waals surface area contributed by atoms with E-state index in [0.29, 0.717) is 18.5 Å². The molecule has 138 valence electrons. The smallest absolute Gasteiger partial charge is 0.127 e. The maximum Gasteiger partial charge on any atom is 0.127 e. The molecule has 2 bridgehead atoms. The third-order valence-electron chi connectivity index (χ3n) is 5.64. The number of benzene rings is 1. The summed E-state index contributed by atoms with van der Waals surface area (Å²) in [6, 6.07) is 11.6.